The minimum absolute atomic E-state index is 0.713. The lowest BCUT2D eigenvalue weighted by Crippen LogP contribution is -2.29. The average molecular weight is 340 g/mol. The molecule has 134 valence electrons. The molecule has 1 aromatic heterocycles. The fourth-order valence-corrected chi connectivity index (χ4v) is 3.95. The Kier molecular flexibility index (Phi) is 5.31. The van der Waals surface area contributed by atoms with Gasteiger partial charge in [0.1, 0.15) is 0 Å². The molecule has 25 heavy (non-hydrogen) atoms. The highest BCUT2D eigenvalue weighted by molar-refractivity contribution is 5.60. The molecular weight excluding hydrogens is 312 g/mol. The molecule has 0 spiro atoms. The van der Waals surface area contributed by atoms with Crippen LogP contribution in [0.15, 0.2) is 28.8 Å². The molecule has 0 unspecified atom stereocenters. The fourth-order valence-electron chi connectivity index (χ4n) is 3.95. The number of hydrogen-bond donors (Lipinski definition) is 1. The Morgan fingerprint density at radius 3 is 2.56 bits per heavy atom. The quantitative estimate of drug-likeness (QED) is 0.900. The van der Waals surface area contributed by atoms with Gasteiger partial charge in [0.15, 0.2) is 0 Å². The van der Waals surface area contributed by atoms with E-state index < -0.39 is 0 Å². The van der Waals surface area contributed by atoms with Crippen LogP contribution in [0.4, 0.5) is 5.69 Å². The lowest BCUT2D eigenvalue weighted by atomic mass is 9.93. The van der Waals surface area contributed by atoms with Crippen LogP contribution in [0, 0.1) is 5.92 Å². The zero-order chi connectivity index (χ0) is 16.9. The molecule has 0 aliphatic carbocycles. The maximum atomic E-state index is 5.47. The van der Waals surface area contributed by atoms with Crippen molar-refractivity contribution in [3.05, 3.63) is 30.2 Å². The van der Waals surface area contributed by atoms with E-state index in [1.165, 1.54) is 50.9 Å². The minimum atomic E-state index is 0.713. The summed E-state index contributed by atoms with van der Waals surface area (Å²) in [6.45, 7) is 4.62. The lowest BCUT2D eigenvalue weighted by molar-refractivity contribution is 0.324. The Labute approximate surface area is 149 Å². The molecule has 2 aliphatic heterocycles. The summed E-state index contributed by atoms with van der Waals surface area (Å²) in [5, 5.41) is 7.59. The summed E-state index contributed by atoms with van der Waals surface area (Å²) in [6.07, 6.45) is 8.52. The van der Waals surface area contributed by atoms with Crippen LogP contribution in [0.2, 0.25) is 0 Å². The Morgan fingerprint density at radius 1 is 1.04 bits per heavy atom. The normalized spacial score (nSPS) is 19.3. The highest BCUT2D eigenvalue weighted by atomic mass is 16.5. The van der Waals surface area contributed by atoms with E-state index in [0.717, 1.165) is 43.3 Å². The number of piperidine rings is 2. The van der Waals surface area contributed by atoms with Gasteiger partial charge < -0.3 is 14.7 Å². The van der Waals surface area contributed by atoms with E-state index in [9.17, 15) is 0 Å². The van der Waals surface area contributed by atoms with Crippen molar-refractivity contribution in [1.82, 2.24) is 15.5 Å². The van der Waals surface area contributed by atoms with Gasteiger partial charge in [-0.25, -0.2) is 0 Å². The smallest absolute Gasteiger partial charge is 0.226 e. The summed E-state index contributed by atoms with van der Waals surface area (Å²) in [5.41, 5.74) is 2.34. The number of benzene rings is 1. The predicted molar refractivity (Wildman–Crippen MR) is 99.7 cm³/mol. The zero-order valence-corrected chi connectivity index (χ0v) is 14.9. The predicted octanol–water partition coefficient (Wildman–Crippen LogP) is 3.66. The number of nitrogens with one attached hydrogen (secondary N) is 1. The molecule has 3 heterocycles. The Morgan fingerprint density at radius 2 is 1.80 bits per heavy atom. The maximum absolute atomic E-state index is 5.47. The van der Waals surface area contributed by atoms with Crippen LogP contribution in [0.1, 0.15) is 44.4 Å². The maximum Gasteiger partial charge on any atom is 0.226 e. The average Bonchev–Trinajstić information content (AvgIpc) is 3.17. The first kappa shape index (κ1) is 16.6. The second kappa shape index (κ2) is 8.00. The molecule has 0 saturated carbocycles. The van der Waals surface area contributed by atoms with E-state index >= 15 is 0 Å². The molecule has 0 atom stereocenters. The second-order valence-electron chi connectivity index (χ2n) is 7.34. The van der Waals surface area contributed by atoms with Gasteiger partial charge in [-0.1, -0.05) is 5.16 Å². The van der Waals surface area contributed by atoms with Crippen molar-refractivity contribution in [2.24, 2.45) is 5.92 Å². The summed E-state index contributed by atoms with van der Waals surface area (Å²) < 4.78 is 5.47. The number of nitrogens with zero attached hydrogens (tertiary/aromatic N) is 3. The van der Waals surface area contributed by atoms with Crippen LogP contribution >= 0.6 is 0 Å². The van der Waals surface area contributed by atoms with Gasteiger partial charge in [0.2, 0.25) is 11.7 Å². The molecule has 2 fully saturated rings. The molecule has 2 aromatic rings. The van der Waals surface area contributed by atoms with Gasteiger partial charge in [0, 0.05) is 30.8 Å². The topological polar surface area (TPSA) is 54.2 Å². The SMILES string of the molecule is c1cc(N2CCCCC2)ccc1-c1noc(CCC2CCNCC2)n1. The van der Waals surface area contributed by atoms with E-state index in [2.05, 4.69) is 44.6 Å². The molecule has 1 N–H and O–H groups in total. The minimum Gasteiger partial charge on any atom is -0.372 e. The van der Waals surface area contributed by atoms with Gasteiger partial charge in [-0.3, -0.25) is 0 Å². The fraction of sp³-hybridized carbons (Fsp3) is 0.600. The standard InChI is InChI=1S/C20H28N4O/c1-2-14-24(15-3-1)18-7-5-17(6-8-18)20-22-19(25-23-20)9-4-16-10-12-21-13-11-16/h5-8,16,21H,1-4,9-15H2. The third kappa shape index (κ3) is 4.21. The van der Waals surface area contributed by atoms with Gasteiger partial charge in [-0.05, 0) is 81.8 Å². The van der Waals surface area contributed by atoms with Crippen LogP contribution in [-0.4, -0.2) is 36.3 Å². The van der Waals surface area contributed by atoms with Gasteiger partial charge in [-0.15, -0.1) is 0 Å². The van der Waals surface area contributed by atoms with Crippen molar-refractivity contribution >= 4 is 5.69 Å². The number of aromatic nitrogens is 2. The van der Waals surface area contributed by atoms with Crippen LogP contribution in [-0.2, 0) is 6.42 Å². The highest BCUT2D eigenvalue weighted by Gasteiger charge is 2.16. The molecule has 0 bridgehead atoms. The molecule has 4 rings (SSSR count). The Balaban J connectivity index is 1.36. The first-order chi connectivity index (χ1) is 12.4. The first-order valence-electron chi connectivity index (χ1n) is 9.77. The number of anilines is 1. The molecular formula is C20H28N4O. The summed E-state index contributed by atoms with van der Waals surface area (Å²) in [4.78, 5) is 7.07. The zero-order valence-electron chi connectivity index (χ0n) is 14.9. The summed E-state index contributed by atoms with van der Waals surface area (Å²) in [6, 6.07) is 8.61. The summed E-state index contributed by atoms with van der Waals surface area (Å²) in [7, 11) is 0. The van der Waals surface area contributed by atoms with Crippen molar-refractivity contribution in [3.63, 3.8) is 0 Å². The second-order valence-corrected chi connectivity index (χ2v) is 7.34. The van der Waals surface area contributed by atoms with Gasteiger partial charge >= 0.3 is 0 Å². The van der Waals surface area contributed by atoms with Crippen molar-refractivity contribution in [2.75, 3.05) is 31.1 Å². The van der Waals surface area contributed by atoms with Crippen molar-refractivity contribution < 1.29 is 4.52 Å². The summed E-state index contributed by atoms with van der Waals surface area (Å²) in [5.74, 6) is 2.28. The monoisotopic (exact) mass is 340 g/mol. The van der Waals surface area contributed by atoms with E-state index in [0.29, 0.717) is 5.82 Å². The highest BCUT2D eigenvalue weighted by Crippen LogP contribution is 2.24. The van der Waals surface area contributed by atoms with Crippen molar-refractivity contribution in [1.29, 1.82) is 0 Å². The van der Waals surface area contributed by atoms with E-state index in [-0.39, 0.29) is 0 Å². The number of hydrogen-bond acceptors (Lipinski definition) is 5. The van der Waals surface area contributed by atoms with Crippen LogP contribution in [0.25, 0.3) is 11.4 Å². The Bertz CT molecular complexity index is 655. The molecule has 1 aromatic carbocycles. The van der Waals surface area contributed by atoms with Crippen LogP contribution in [0.5, 0.6) is 0 Å². The Hall–Kier alpha value is -1.88. The molecule has 2 saturated heterocycles. The lowest BCUT2D eigenvalue weighted by Gasteiger charge is -2.28. The summed E-state index contributed by atoms with van der Waals surface area (Å²) >= 11 is 0. The largest absolute Gasteiger partial charge is 0.372 e. The van der Waals surface area contributed by atoms with Gasteiger partial charge in [-0.2, -0.15) is 4.98 Å². The van der Waals surface area contributed by atoms with E-state index in [1.807, 2.05) is 0 Å². The van der Waals surface area contributed by atoms with E-state index in [1.54, 1.807) is 0 Å². The number of aryl methyl sites for hydroxylation is 1. The molecule has 5 heteroatoms. The molecule has 5 nitrogen and oxygen atoms in total. The third-order valence-corrected chi connectivity index (χ3v) is 5.54. The van der Waals surface area contributed by atoms with Crippen molar-refractivity contribution in [3.8, 4) is 11.4 Å². The van der Waals surface area contributed by atoms with E-state index in [4.69, 9.17) is 4.52 Å². The molecule has 2 aliphatic rings. The van der Waals surface area contributed by atoms with Gasteiger partial charge in [0.05, 0.1) is 0 Å². The van der Waals surface area contributed by atoms with Crippen molar-refractivity contribution in [2.45, 2.75) is 44.9 Å². The third-order valence-electron chi connectivity index (χ3n) is 5.54. The van der Waals surface area contributed by atoms with Crippen LogP contribution in [0.3, 0.4) is 0 Å². The van der Waals surface area contributed by atoms with Crippen LogP contribution < -0.4 is 10.2 Å². The van der Waals surface area contributed by atoms with Gasteiger partial charge in [0.25, 0.3) is 0 Å². The first-order valence-corrected chi connectivity index (χ1v) is 9.77. The number of rotatable bonds is 5. The molecule has 0 amide bonds. The molecule has 0 radical (unpaired) electrons.